The molecule has 0 bridgehead atoms. The van der Waals surface area contributed by atoms with Crippen LogP contribution in [0, 0.1) is 6.92 Å². The van der Waals surface area contributed by atoms with Crippen LogP contribution >= 0.6 is 0 Å². The Hall–Kier alpha value is -3.54. The smallest absolute Gasteiger partial charge is 0.251 e. The number of hydrogen-bond donors (Lipinski definition) is 2. The molecule has 6 nitrogen and oxygen atoms in total. The van der Waals surface area contributed by atoms with Gasteiger partial charge in [-0.05, 0) is 54.8 Å². The van der Waals surface area contributed by atoms with Crippen molar-refractivity contribution in [3.05, 3.63) is 66.2 Å². The van der Waals surface area contributed by atoms with Crippen LogP contribution in [-0.2, 0) is 0 Å². The summed E-state index contributed by atoms with van der Waals surface area (Å²) in [6.45, 7) is 4.56. The fourth-order valence-corrected chi connectivity index (χ4v) is 3.17. The molecule has 4 aromatic rings. The maximum Gasteiger partial charge on any atom is 0.251 e. The summed E-state index contributed by atoms with van der Waals surface area (Å²) >= 11 is 0. The minimum Gasteiger partial charge on any atom is -0.352 e. The Morgan fingerprint density at radius 1 is 1.07 bits per heavy atom. The molecular formula is C21H19N5O. The molecule has 2 N–H and O–H groups in total. The molecule has 0 unspecified atom stereocenters. The molecule has 0 saturated carbocycles. The van der Waals surface area contributed by atoms with Crippen LogP contribution in [0.25, 0.3) is 33.3 Å². The van der Waals surface area contributed by atoms with Gasteiger partial charge in [0.25, 0.3) is 5.91 Å². The molecule has 0 radical (unpaired) electrons. The highest BCUT2D eigenvalue weighted by molar-refractivity contribution is 5.97. The molecule has 134 valence electrons. The summed E-state index contributed by atoms with van der Waals surface area (Å²) < 4.78 is 0. The summed E-state index contributed by atoms with van der Waals surface area (Å²) in [7, 11) is 0. The molecule has 2 aromatic carbocycles. The van der Waals surface area contributed by atoms with E-state index in [4.69, 9.17) is 0 Å². The van der Waals surface area contributed by atoms with Crippen molar-refractivity contribution >= 4 is 16.8 Å². The maximum absolute atomic E-state index is 12.2. The summed E-state index contributed by atoms with van der Waals surface area (Å²) in [5, 5.41) is 11.4. The van der Waals surface area contributed by atoms with Crippen LogP contribution in [0.15, 0.2) is 55.1 Å². The van der Waals surface area contributed by atoms with Gasteiger partial charge < -0.3 is 5.32 Å². The molecule has 0 aliphatic heterocycles. The standard InChI is InChI=1S/C21H19N5O/c1-3-24-21(27)15-5-4-13(2)18(8-15)14-6-7-17-19(9-14)25-26-20(17)16-10-22-12-23-11-16/h4-12H,3H2,1-2H3,(H,24,27)(H,25,26). The van der Waals surface area contributed by atoms with E-state index >= 15 is 0 Å². The van der Waals surface area contributed by atoms with Crippen LogP contribution in [0.2, 0.25) is 0 Å². The van der Waals surface area contributed by atoms with Crippen LogP contribution in [0.1, 0.15) is 22.8 Å². The second-order valence-corrected chi connectivity index (χ2v) is 6.35. The predicted molar refractivity (Wildman–Crippen MR) is 105 cm³/mol. The number of nitrogens with one attached hydrogen (secondary N) is 2. The maximum atomic E-state index is 12.2. The topological polar surface area (TPSA) is 83.6 Å². The van der Waals surface area contributed by atoms with E-state index in [1.54, 1.807) is 12.4 Å². The molecule has 0 atom stereocenters. The summed E-state index contributed by atoms with van der Waals surface area (Å²) in [6, 6.07) is 11.9. The first-order chi connectivity index (χ1) is 13.2. The lowest BCUT2D eigenvalue weighted by Gasteiger charge is -2.10. The normalized spacial score (nSPS) is 10.9. The fraction of sp³-hybridized carbons (Fsp3) is 0.143. The van der Waals surface area contributed by atoms with E-state index in [1.807, 2.05) is 38.1 Å². The van der Waals surface area contributed by atoms with Crippen LogP contribution in [0.3, 0.4) is 0 Å². The zero-order valence-corrected chi connectivity index (χ0v) is 15.2. The zero-order chi connectivity index (χ0) is 18.8. The Morgan fingerprint density at radius 3 is 2.67 bits per heavy atom. The van der Waals surface area contributed by atoms with Crippen molar-refractivity contribution in [2.24, 2.45) is 0 Å². The fourth-order valence-electron chi connectivity index (χ4n) is 3.17. The second kappa shape index (κ2) is 6.99. The summed E-state index contributed by atoms with van der Waals surface area (Å²) in [5.41, 5.74) is 6.44. The van der Waals surface area contributed by atoms with E-state index in [0.717, 1.165) is 38.9 Å². The molecule has 2 aromatic heterocycles. The van der Waals surface area contributed by atoms with E-state index in [0.29, 0.717) is 12.1 Å². The van der Waals surface area contributed by atoms with Crippen LogP contribution < -0.4 is 5.32 Å². The number of aryl methyl sites for hydroxylation is 1. The van der Waals surface area contributed by atoms with Gasteiger partial charge in [-0.2, -0.15) is 5.10 Å². The lowest BCUT2D eigenvalue weighted by molar-refractivity contribution is 0.0956. The molecule has 0 spiro atoms. The largest absolute Gasteiger partial charge is 0.352 e. The Kier molecular flexibility index (Phi) is 4.38. The van der Waals surface area contributed by atoms with Crippen LogP contribution in [0.4, 0.5) is 0 Å². The number of H-pyrrole nitrogens is 1. The number of nitrogens with zero attached hydrogens (tertiary/aromatic N) is 3. The Bertz CT molecular complexity index is 1120. The van der Waals surface area contributed by atoms with Crippen LogP contribution in [-0.4, -0.2) is 32.6 Å². The van der Waals surface area contributed by atoms with Crippen molar-refractivity contribution in [2.45, 2.75) is 13.8 Å². The minimum absolute atomic E-state index is 0.0623. The number of fused-ring (bicyclic) bond motifs is 1. The first-order valence-corrected chi connectivity index (χ1v) is 8.80. The molecule has 1 amide bonds. The third kappa shape index (κ3) is 3.17. The molecule has 4 rings (SSSR count). The quantitative estimate of drug-likeness (QED) is 0.583. The third-order valence-electron chi connectivity index (χ3n) is 4.54. The summed E-state index contributed by atoms with van der Waals surface area (Å²) in [5.74, 6) is -0.0623. The SMILES string of the molecule is CCNC(=O)c1ccc(C)c(-c2ccc3c(-c4cncnc4)n[nH]c3c2)c1. The molecular weight excluding hydrogens is 338 g/mol. The van der Waals surface area contributed by atoms with Crippen molar-refractivity contribution in [3.63, 3.8) is 0 Å². The number of aromatic amines is 1. The van der Waals surface area contributed by atoms with E-state index in [-0.39, 0.29) is 5.91 Å². The lowest BCUT2D eigenvalue weighted by atomic mass is 9.96. The Morgan fingerprint density at radius 2 is 1.89 bits per heavy atom. The van der Waals surface area contributed by atoms with Crippen molar-refractivity contribution in [1.29, 1.82) is 0 Å². The van der Waals surface area contributed by atoms with E-state index in [2.05, 4.69) is 37.6 Å². The lowest BCUT2D eigenvalue weighted by Crippen LogP contribution is -2.22. The van der Waals surface area contributed by atoms with E-state index < -0.39 is 0 Å². The highest BCUT2D eigenvalue weighted by Crippen LogP contribution is 2.31. The average molecular weight is 357 g/mol. The van der Waals surface area contributed by atoms with E-state index in [1.165, 1.54) is 6.33 Å². The minimum atomic E-state index is -0.0623. The Balaban J connectivity index is 1.77. The summed E-state index contributed by atoms with van der Waals surface area (Å²) in [6.07, 6.45) is 4.99. The number of hydrogen-bond acceptors (Lipinski definition) is 4. The molecule has 0 saturated heterocycles. The number of amides is 1. The van der Waals surface area contributed by atoms with Crippen molar-refractivity contribution in [2.75, 3.05) is 6.54 Å². The first kappa shape index (κ1) is 16.9. The number of carbonyl (C=O) groups is 1. The first-order valence-electron chi connectivity index (χ1n) is 8.80. The molecule has 27 heavy (non-hydrogen) atoms. The van der Waals surface area contributed by atoms with Gasteiger partial charge in [-0.15, -0.1) is 0 Å². The van der Waals surface area contributed by atoms with Gasteiger partial charge in [-0.1, -0.05) is 12.1 Å². The number of carbonyl (C=O) groups excluding carboxylic acids is 1. The molecule has 0 aliphatic rings. The summed E-state index contributed by atoms with van der Waals surface area (Å²) in [4.78, 5) is 20.3. The monoisotopic (exact) mass is 357 g/mol. The van der Waals surface area contributed by atoms with E-state index in [9.17, 15) is 4.79 Å². The third-order valence-corrected chi connectivity index (χ3v) is 4.54. The van der Waals surface area contributed by atoms with Gasteiger partial charge in [0, 0.05) is 35.5 Å². The Labute approximate surface area is 156 Å². The van der Waals surface area contributed by atoms with Gasteiger partial charge in [0.1, 0.15) is 12.0 Å². The average Bonchev–Trinajstić information content (AvgIpc) is 3.12. The number of rotatable bonds is 4. The predicted octanol–water partition coefficient (Wildman–Crippen LogP) is 3.75. The van der Waals surface area contributed by atoms with Crippen LogP contribution in [0.5, 0.6) is 0 Å². The van der Waals surface area contributed by atoms with Crippen molar-refractivity contribution in [1.82, 2.24) is 25.5 Å². The van der Waals surface area contributed by atoms with Gasteiger partial charge in [0.05, 0.1) is 5.52 Å². The van der Waals surface area contributed by atoms with Gasteiger partial charge >= 0.3 is 0 Å². The van der Waals surface area contributed by atoms with Gasteiger partial charge in [0.2, 0.25) is 0 Å². The molecule has 0 fully saturated rings. The van der Waals surface area contributed by atoms with Gasteiger partial charge in [-0.25, -0.2) is 9.97 Å². The molecule has 2 heterocycles. The highest BCUT2D eigenvalue weighted by Gasteiger charge is 2.12. The second-order valence-electron chi connectivity index (χ2n) is 6.35. The van der Waals surface area contributed by atoms with Gasteiger partial charge in [0.15, 0.2) is 0 Å². The zero-order valence-electron chi connectivity index (χ0n) is 15.2. The molecule has 0 aliphatic carbocycles. The van der Waals surface area contributed by atoms with Crippen molar-refractivity contribution in [3.8, 4) is 22.4 Å². The van der Waals surface area contributed by atoms with Crippen molar-refractivity contribution < 1.29 is 4.79 Å². The number of benzene rings is 2. The highest BCUT2D eigenvalue weighted by atomic mass is 16.1. The number of aromatic nitrogens is 4. The molecule has 6 heteroatoms. The van der Waals surface area contributed by atoms with Gasteiger partial charge in [-0.3, -0.25) is 9.89 Å².